The van der Waals surface area contributed by atoms with Crippen molar-refractivity contribution < 1.29 is 14.3 Å². The summed E-state index contributed by atoms with van der Waals surface area (Å²) in [6, 6.07) is 0. The van der Waals surface area contributed by atoms with Crippen LogP contribution in [0.5, 0.6) is 0 Å². The van der Waals surface area contributed by atoms with Crippen LogP contribution in [0.25, 0.3) is 0 Å². The third-order valence-corrected chi connectivity index (χ3v) is 2.03. The Kier molecular flexibility index (Phi) is 8.53. The lowest BCUT2D eigenvalue weighted by molar-refractivity contribution is -0.173. The van der Waals surface area contributed by atoms with Crippen molar-refractivity contribution in [2.24, 2.45) is 0 Å². The molecule has 0 saturated carbocycles. The third kappa shape index (κ3) is 7.23. The molecule has 0 heterocycles. The zero-order valence-electron chi connectivity index (χ0n) is 10.3. The maximum Gasteiger partial charge on any atom is 0.335 e. The van der Waals surface area contributed by atoms with E-state index in [0.29, 0.717) is 12.2 Å². The first kappa shape index (κ1) is 14.9. The molecule has 0 rings (SSSR count). The van der Waals surface area contributed by atoms with E-state index in [1.165, 1.54) is 0 Å². The van der Waals surface area contributed by atoms with Crippen molar-refractivity contribution in [1.29, 1.82) is 0 Å². The second kappa shape index (κ2) is 9.16. The van der Waals surface area contributed by atoms with Gasteiger partial charge in [0, 0.05) is 12.0 Å². The summed E-state index contributed by atoms with van der Waals surface area (Å²) >= 11 is 0. The van der Waals surface area contributed by atoms with Crippen LogP contribution in [-0.4, -0.2) is 18.9 Å². The smallest absolute Gasteiger partial charge is 0.335 e. The lowest BCUT2D eigenvalue weighted by atomic mass is 10.2. The molecule has 3 nitrogen and oxygen atoms in total. The highest BCUT2D eigenvalue weighted by molar-refractivity contribution is 5.86. The molecule has 92 valence electrons. The van der Waals surface area contributed by atoms with Crippen LogP contribution in [0.1, 0.15) is 39.5 Å². The second-order valence-corrected chi connectivity index (χ2v) is 3.73. The van der Waals surface area contributed by atoms with Gasteiger partial charge in [-0.1, -0.05) is 32.4 Å². The van der Waals surface area contributed by atoms with E-state index in [1.54, 1.807) is 13.0 Å². The highest BCUT2D eigenvalue weighted by atomic mass is 16.7. The molecule has 1 atom stereocenters. The fourth-order valence-corrected chi connectivity index (χ4v) is 1.13. The van der Waals surface area contributed by atoms with Crippen molar-refractivity contribution in [3.05, 3.63) is 24.8 Å². The number of ether oxygens (including phenoxy) is 2. The summed E-state index contributed by atoms with van der Waals surface area (Å²) in [5, 5.41) is 0. The predicted octanol–water partition coefficient (Wildman–Crippen LogP) is 3.21. The Bertz CT molecular complexity index is 233. The van der Waals surface area contributed by atoms with E-state index < -0.39 is 12.3 Å². The van der Waals surface area contributed by atoms with E-state index in [4.69, 9.17) is 9.47 Å². The number of unbranched alkanes of at least 4 members (excludes halogenated alkanes) is 2. The average molecular weight is 226 g/mol. The minimum absolute atomic E-state index is 0.389. The molecule has 0 saturated heterocycles. The molecule has 0 N–H and O–H groups in total. The molecule has 0 aliphatic carbocycles. The van der Waals surface area contributed by atoms with E-state index in [1.807, 2.05) is 0 Å². The Hall–Kier alpha value is -1.09. The van der Waals surface area contributed by atoms with Crippen LogP contribution in [0.4, 0.5) is 0 Å². The van der Waals surface area contributed by atoms with E-state index in [2.05, 4.69) is 20.1 Å². The maximum atomic E-state index is 11.3. The van der Waals surface area contributed by atoms with Crippen LogP contribution >= 0.6 is 0 Å². The number of hydrogen-bond donors (Lipinski definition) is 0. The van der Waals surface area contributed by atoms with E-state index in [9.17, 15) is 4.79 Å². The molecule has 0 radical (unpaired) electrons. The lowest BCUT2D eigenvalue weighted by Gasteiger charge is -2.17. The van der Waals surface area contributed by atoms with Crippen LogP contribution in [0.3, 0.4) is 0 Å². The summed E-state index contributed by atoms with van der Waals surface area (Å²) < 4.78 is 10.5. The van der Waals surface area contributed by atoms with Gasteiger partial charge in [-0.25, -0.2) is 4.79 Å². The Morgan fingerprint density at radius 2 is 2.12 bits per heavy atom. The van der Waals surface area contributed by atoms with Gasteiger partial charge >= 0.3 is 5.97 Å². The summed E-state index contributed by atoms with van der Waals surface area (Å²) in [5.74, 6) is -0.398. The molecule has 0 spiro atoms. The molecule has 0 aromatic carbocycles. The van der Waals surface area contributed by atoms with Gasteiger partial charge in [-0.15, -0.1) is 6.58 Å². The number of carbonyl (C=O) groups is 1. The summed E-state index contributed by atoms with van der Waals surface area (Å²) in [6.07, 6.45) is 5.11. The fourth-order valence-electron chi connectivity index (χ4n) is 1.13. The Labute approximate surface area is 98.1 Å². The first-order chi connectivity index (χ1) is 7.61. The Morgan fingerprint density at radius 3 is 2.62 bits per heavy atom. The van der Waals surface area contributed by atoms with Crippen LogP contribution in [0.2, 0.25) is 0 Å². The monoisotopic (exact) mass is 226 g/mol. The molecule has 0 aliphatic rings. The van der Waals surface area contributed by atoms with Crippen molar-refractivity contribution >= 4 is 5.97 Å². The second-order valence-electron chi connectivity index (χ2n) is 3.73. The maximum absolute atomic E-state index is 11.3. The summed E-state index contributed by atoms with van der Waals surface area (Å²) in [6.45, 7) is 11.2. The average Bonchev–Trinajstić information content (AvgIpc) is 2.25. The SMILES string of the molecule is C=CCOC(CCCCC)OC(=O)C(=C)C. The van der Waals surface area contributed by atoms with Gasteiger partial charge in [0.2, 0.25) is 6.29 Å². The van der Waals surface area contributed by atoms with Crippen molar-refractivity contribution in [1.82, 2.24) is 0 Å². The van der Waals surface area contributed by atoms with Gasteiger partial charge < -0.3 is 9.47 Å². The van der Waals surface area contributed by atoms with Crippen molar-refractivity contribution in [2.45, 2.75) is 45.8 Å². The standard InChI is InChI=1S/C13H22O3/c1-5-7-8-9-12(15-10-6-2)16-13(14)11(3)4/h6,12H,2-3,5,7-10H2,1,4H3. The molecule has 0 fully saturated rings. The highest BCUT2D eigenvalue weighted by Gasteiger charge is 2.14. The zero-order chi connectivity index (χ0) is 12.4. The molecule has 3 heteroatoms. The van der Waals surface area contributed by atoms with Gasteiger partial charge in [-0.2, -0.15) is 0 Å². The van der Waals surface area contributed by atoms with Crippen molar-refractivity contribution in [3.63, 3.8) is 0 Å². The van der Waals surface area contributed by atoms with Gasteiger partial charge in [-0.05, 0) is 13.3 Å². The zero-order valence-corrected chi connectivity index (χ0v) is 10.3. The molecule has 0 aromatic rings. The van der Waals surface area contributed by atoms with Crippen LogP contribution in [-0.2, 0) is 14.3 Å². The molecular weight excluding hydrogens is 204 g/mol. The molecule has 0 aromatic heterocycles. The van der Waals surface area contributed by atoms with Crippen molar-refractivity contribution in [3.8, 4) is 0 Å². The van der Waals surface area contributed by atoms with Crippen LogP contribution in [0, 0.1) is 0 Å². The van der Waals surface area contributed by atoms with E-state index in [-0.39, 0.29) is 0 Å². The first-order valence-corrected chi connectivity index (χ1v) is 5.70. The lowest BCUT2D eigenvalue weighted by Crippen LogP contribution is -2.22. The van der Waals surface area contributed by atoms with Crippen LogP contribution in [0.15, 0.2) is 24.8 Å². The minimum atomic E-state index is -0.478. The first-order valence-electron chi connectivity index (χ1n) is 5.70. The van der Waals surface area contributed by atoms with Gasteiger partial charge in [0.15, 0.2) is 0 Å². The van der Waals surface area contributed by atoms with Crippen LogP contribution < -0.4 is 0 Å². The summed E-state index contributed by atoms with van der Waals surface area (Å²) in [7, 11) is 0. The molecule has 0 bridgehead atoms. The van der Waals surface area contributed by atoms with Gasteiger partial charge in [0.25, 0.3) is 0 Å². The fraction of sp³-hybridized carbons (Fsp3) is 0.615. The Balaban J connectivity index is 4.02. The predicted molar refractivity (Wildman–Crippen MR) is 65.0 cm³/mol. The van der Waals surface area contributed by atoms with Gasteiger partial charge in [0.05, 0.1) is 6.61 Å². The minimum Gasteiger partial charge on any atom is -0.432 e. The van der Waals surface area contributed by atoms with E-state index >= 15 is 0 Å². The summed E-state index contributed by atoms with van der Waals surface area (Å²) in [4.78, 5) is 11.3. The van der Waals surface area contributed by atoms with Gasteiger partial charge in [0.1, 0.15) is 0 Å². The topological polar surface area (TPSA) is 35.5 Å². The van der Waals surface area contributed by atoms with E-state index in [0.717, 1.165) is 25.7 Å². The molecule has 1 unspecified atom stereocenters. The number of rotatable bonds is 9. The highest BCUT2D eigenvalue weighted by Crippen LogP contribution is 2.10. The van der Waals surface area contributed by atoms with Crippen molar-refractivity contribution in [2.75, 3.05) is 6.61 Å². The molecule has 0 aliphatic heterocycles. The largest absolute Gasteiger partial charge is 0.432 e. The Morgan fingerprint density at radius 1 is 1.44 bits per heavy atom. The summed E-state index contributed by atoms with van der Waals surface area (Å²) in [5.41, 5.74) is 0.391. The van der Waals surface area contributed by atoms with Gasteiger partial charge in [-0.3, -0.25) is 0 Å². The molecular formula is C13H22O3. The molecule has 0 amide bonds. The number of hydrogen-bond acceptors (Lipinski definition) is 3. The number of esters is 1. The molecule has 16 heavy (non-hydrogen) atoms. The normalized spacial score (nSPS) is 11.9. The number of carbonyl (C=O) groups excluding carboxylic acids is 1. The quantitative estimate of drug-likeness (QED) is 0.199. The third-order valence-electron chi connectivity index (χ3n) is 2.03.